The van der Waals surface area contributed by atoms with Crippen LogP contribution in [0.3, 0.4) is 0 Å². The summed E-state index contributed by atoms with van der Waals surface area (Å²) < 4.78 is 10.8. The summed E-state index contributed by atoms with van der Waals surface area (Å²) in [4.78, 5) is 41.5. The number of allylic oxidation sites excluding steroid dienone is 1. The summed E-state index contributed by atoms with van der Waals surface area (Å²) in [7, 11) is 3.07. The largest absolute Gasteiger partial charge is 0.493 e. The molecule has 1 aromatic rings. The van der Waals surface area contributed by atoms with Crippen LogP contribution in [0.15, 0.2) is 30.4 Å². The Morgan fingerprint density at radius 2 is 1.91 bits per heavy atom. The van der Waals surface area contributed by atoms with Crippen molar-refractivity contribution in [3.8, 4) is 11.5 Å². The Balaban J connectivity index is 1.70. The topological polar surface area (TPSA) is 88.2 Å². The number of ether oxygens (including phenoxy) is 2. The minimum atomic E-state index is -0.994. The summed E-state index contributed by atoms with van der Waals surface area (Å²) >= 11 is 0. The molecule has 174 valence electrons. The first-order chi connectivity index (χ1) is 15.2. The molecule has 0 aromatic heterocycles. The molecule has 32 heavy (non-hydrogen) atoms. The zero-order valence-electron chi connectivity index (χ0n) is 19.5. The average Bonchev–Trinajstić information content (AvgIpc) is 3.01. The number of imide groups is 1. The first kappa shape index (κ1) is 23.6. The van der Waals surface area contributed by atoms with Gasteiger partial charge in [0.15, 0.2) is 11.5 Å². The summed E-state index contributed by atoms with van der Waals surface area (Å²) in [5, 5.41) is 2.92. The number of para-hydroxylation sites is 1. The number of carbonyl (C=O) groups excluding carboxylic acids is 3. The molecule has 2 saturated heterocycles. The van der Waals surface area contributed by atoms with Crippen molar-refractivity contribution in [2.75, 3.05) is 27.3 Å². The van der Waals surface area contributed by atoms with Crippen LogP contribution in [-0.4, -0.2) is 60.5 Å². The SMILES string of the molecule is COc1cccc(CN2C(=O)N[C@@](C)(C3CCN(C(=O)/C=C/C(C)C)CC3)C2=O)c1OC. The van der Waals surface area contributed by atoms with Gasteiger partial charge in [0, 0.05) is 18.7 Å². The normalized spacial score (nSPS) is 22.1. The molecule has 2 fully saturated rings. The molecule has 0 aliphatic carbocycles. The van der Waals surface area contributed by atoms with E-state index in [4.69, 9.17) is 9.47 Å². The molecule has 0 bridgehead atoms. The van der Waals surface area contributed by atoms with E-state index in [1.54, 1.807) is 37.1 Å². The first-order valence-electron chi connectivity index (χ1n) is 11.0. The van der Waals surface area contributed by atoms with Crippen LogP contribution in [0.1, 0.15) is 39.2 Å². The van der Waals surface area contributed by atoms with Gasteiger partial charge in [0.1, 0.15) is 5.54 Å². The lowest BCUT2D eigenvalue weighted by molar-refractivity contribution is -0.134. The van der Waals surface area contributed by atoms with Crippen LogP contribution in [0, 0.1) is 11.8 Å². The maximum atomic E-state index is 13.4. The second kappa shape index (κ2) is 9.63. The molecule has 1 aromatic carbocycles. The van der Waals surface area contributed by atoms with Gasteiger partial charge in [-0.3, -0.25) is 14.5 Å². The molecule has 0 radical (unpaired) electrons. The molecular formula is C24H33N3O5. The molecule has 0 spiro atoms. The van der Waals surface area contributed by atoms with Crippen LogP contribution in [0.2, 0.25) is 0 Å². The van der Waals surface area contributed by atoms with Crippen LogP contribution in [-0.2, 0) is 16.1 Å². The van der Waals surface area contributed by atoms with E-state index in [0.29, 0.717) is 48.9 Å². The number of piperidine rings is 1. The van der Waals surface area contributed by atoms with Crippen molar-refractivity contribution < 1.29 is 23.9 Å². The molecular weight excluding hydrogens is 410 g/mol. The smallest absolute Gasteiger partial charge is 0.325 e. The third-order valence-electron chi connectivity index (χ3n) is 6.36. The van der Waals surface area contributed by atoms with E-state index >= 15 is 0 Å². The fourth-order valence-electron chi connectivity index (χ4n) is 4.44. The highest BCUT2D eigenvalue weighted by Gasteiger charge is 2.53. The Labute approximate surface area is 189 Å². The third-order valence-corrected chi connectivity index (χ3v) is 6.36. The Kier molecular flexibility index (Phi) is 7.11. The van der Waals surface area contributed by atoms with E-state index in [2.05, 4.69) is 5.32 Å². The van der Waals surface area contributed by atoms with Gasteiger partial charge in [0.05, 0.1) is 20.8 Å². The van der Waals surface area contributed by atoms with Gasteiger partial charge in [-0.15, -0.1) is 0 Å². The van der Waals surface area contributed by atoms with Crippen LogP contribution >= 0.6 is 0 Å². The van der Waals surface area contributed by atoms with Crippen molar-refractivity contribution in [1.82, 2.24) is 15.1 Å². The number of hydrogen-bond donors (Lipinski definition) is 1. The number of carbonyl (C=O) groups is 3. The second-order valence-corrected chi connectivity index (χ2v) is 8.88. The highest BCUT2D eigenvalue weighted by atomic mass is 16.5. The summed E-state index contributed by atoms with van der Waals surface area (Å²) in [5.74, 6) is 1.06. The Bertz CT molecular complexity index is 905. The highest BCUT2D eigenvalue weighted by Crippen LogP contribution is 2.36. The molecule has 1 N–H and O–H groups in total. The molecule has 2 aliphatic heterocycles. The molecule has 0 unspecified atom stereocenters. The van der Waals surface area contributed by atoms with Crippen molar-refractivity contribution in [3.63, 3.8) is 0 Å². The molecule has 1 atom stereocenters. The number of urea groups is 1. The van der Waals surface area contributed by atoms with E-state index in [1.165, 1.54) is 12.0 Å². The van der Waals surface area contributed by atoms with Gasteiger partial charge in [0.2, 0.25) is 5.91 Å². The van der Waals surface area contributed by atoms with Crippen molar-refractivity contribution in [2.45, 2.75) is 45.7 Å². The molecule has 8 nitrogen and oxygen atoms in total. The van der Waals surface area contributed by atoms with E-state index < -0.39 is 11.6 Å². The van der Waals surface area contributed by atoms with Crippen LogP contribution in [0.5, 0.6) is 11.5 Å². The number of hydrogen-bond acceptors (Lipinski definition) is 5. The Morgan fingerprint density at radius 1 is 1.22 bits per heavy atom. The highest BCUT2D eigenvalue weighted by molar-refractivity contribution is 6.07. The zero-order valence-corrected chi connectivity index (χ0v) is 19.5. The van der Waals surface area contributed by atoms with Crippen molar-refractivity contribution in [1.29, 1.82) is 0 Å². The molecule has 8 heteroatoms. The van der Waals surface area contributed by atoms with Crippen LogP contribution < -0.4 is 14.8 Å². The third kappa shape index (κ3) is 4.59. The minimum absolute atomic E-state index is 0.00386. The zero-order chi connectivity index (χ0) is 23.5. The summed E-state index contributed by atoms with van der Waals surface area (Å²) in [6.45, 7) is 7.06. The molecule has 2 aliphatic rings. The fraction of sp³-hybridized carbons (Fsp3) is 0.542. The Morgan fingerprint density at radius 3 is 2.50 bits per heavy atom. The van der Waals surface area contributed by atoms with Gasteiger partial charge in [-0.25, -0.2) is 4.79 Å². The van der Waals surface area contributed by atoms with Gasteiger partial charge in [-0.05, 0) is 43.7 Å². The summed E-state index contributed by atoms with van der Waals surface area (Å²) in [6, 6.07) is 4.96. The van der Waals surface area contributed by atoms with E-state index in [1.807, 2.05) is 26.0 Å². The maximum absolute atomic E-state index is 13.4. The minimum Gasteiger partial charge on any atom is -0.493 e. The summed E-state index contributed by atoms with van der Waals surface area (Å²) in [6.07, 6.45) is 4.82. The monoisotopic (exact) mass is 443 g/mol. The number of nitrogens with one attached hydrogen (secondary N) is 1. The van der Waals surface area contributed by atoms with Crippen molar-refractivity contribution in [2.24, 2.45) is 11.8 Å². The van der Waals surface area contributed by atoms with Gasteiger partial charge in [-0.2, -0.15) is 0 Å². The number of methoxy groups -OCH3 is 2. The van der Waals surface area contributed by atoms with Gasteiger partial charge < -0.3 is 19.7 Å². The maximum Gasteiger partial charge on any atom is 0.325 e. The lowest BCUT2D eigenvalue weighted by atomic mass is 9.79. The first-order valence-corrected chi connectivity index (χ1v) is 11.0. The Hall–Kier alpha value is -3.03. The fourth-order valence-corrected chi connectivity index (χ4v) is 4.44. The second-order valence-electron chi connectivity index (χ2n) is 8.88. The van der Waals surface area contributed by atoms with Crippen molar-refractivity contribution in [3.05, 3.63) is 35.9 Å². The predicted molar refractivity (Wildman–Crippen MR) is 120 cm³/mol. The van der Waals surface area contributed by atoms with Crippen LogP contribution in [0.25, 0.3) is 0 Å². The van der Waals surface area contributed by atoms with Gasteiger partial charge in [-0.1, -0.05) is 32.1 Å². The number of likely N-dealkylation sites (tertiary alicyclic amines) is 1. The molecule has 3 rings (SSSR count). The molecule has 2 heterocycles. The molecule has 0 saturated carbocycles. The van der Waals surface area contributed by atoms with E-state index in [9.17, 15) is 14.4 Å². The van der Waals surface area contributed by atoms with Gasteiger partial charge >= 0.3 is 6.03 Å². The number of rotatable bonds is 7. The number of benzene rings is 1. The van der Waals surface area contributed by atoms with Crippen LogP contribution in [0.4, 0.5) is 4.79 Å². The predicted octanol–water partition coefficient (Wildman–Crippen LogP) is 2.97. The quantitative estimate of drug-likeness (QED) is 0.517. The lowest BCUT2D eigenvalue weighted by Crippen LogP contribution is -2.54. The van der Waals surface area contributed by atoms with E-state index in [0.717, 1.165) is 0 Å². The lowest BCUT2D eigenvalue weighted by Gasteiger charge is -2.38. The standard InChI is InChI=1S/C24H33N3O5/c1-16(2)9-10-20(28)26-13-11-18(12-14-26)24(3)22(29)27(23(30)25-24)15-17-7-6-8-19(31-4)21(17)32-5/h6-10,16,18H,11-15H2,1-5H3,(H,25,30)/b10-9+/t24-/m0/s1. The van der Waals surface area contributed by atoms with E-state index in [-0.39, 0.29) is 24.3 Å². The van der Waals surface area contributed by atoms with Gasteiger partial charge in [0.25, 0.3) is 5.91 Å². The number of amides is 4. The number of nitrogens with zero attached hydrogens (tertiary/aromatic N) is 2. The molecule has 4 amide bonds. The summed E-state index contributed by atoms with van der Waals surface area (Å²) in [5.41, 5.74) is -0.302. The average molecular weight is 444 g/mol. The van der Waals surface area contributed by atoms with Crippen molar-refractivity contribution >= 4 is 17.8 Å².